The van der Waals surface area contributed by atoms with Crippen LogP contribution in [0.1, 0.15) is 35.3 Å². The normalized spacial score (nSPS) is 13.9. The van der Waals surface area contributed by atoms with Crippen LogP contribution in [0.4, 0.5) is 5.95 Å². The van der Waals surface area contributed by atoms with Crippen LogP contribution in [0.25, 0.3) is 11.3 Å². The maximum absolute atomic E-state index is 12.8. The third kappa shape index (κ3) is 5.25. The number of hydrazone groups is 1. The number of aromatic nitrogens is 2. The maximum atomic E-state index is 12.8. The highest BCUT2D eigenvalue weighted by Gasteiger charge is 2.18. The average Bonchev–Trinajstić information content (AvgIpc) is 2.85. The number of carbonyl (C=O) groups is 1. The SMILES string of the molecule is COc1ccc(/C=N/NC(=O)c2cc(-c3ccccc3)nc(N3CCCCC3)n2)cc1. The first-order valence-corrected chi connectivity index (χ1v) is 10.4. The van der Waals surface area contributed by atoms with Crippen LogP contribution < -0.4 is 15.1 Å². The van der Waals surface area contributed by atoms with E-state index in [-0.39, 0.29) is 5.91 Å². The number of benzene rings is 2. The Labute approximate surface area is 181 Å². The Kier molecular flexibility index (Phi) is 6.52. The van der Waals surface area contributed by atoms with Crippen molar-refractivity contribution >= 4 is 18.1 Å². The fourth-order valence-corrected chi connectivity index (χ4v) is 3.46. The molecule has 0 spiro atoms. The van der Waals surface area contributed by atoms with Gasteiger partial charge < -0.3 is 9.64 Å². The first kappa shape index (κ1) is 20.5. The summed E-state index contributed by atoms with van der Waals surface area (Å²) in [4.78, 5) is 24.2. The molecule has 2 heterocycles. The molecule has 0 aliphatic carbocycles. The molecule has 158 valence electrons. The molecule has 4 rings (SSSR count). The molecule has 1 fully saturated rings. The Hall–Kier alpha value is -3.74. The van der Waals surface area contributed by atoms with Gasteiger partial charge in [0.15, 0.2) is 0 Å². The first-order valence-electron chi connectivity index (χ1n) is 10.4. The summed E-state index contributed by atoms with van der Waals surface area (Å²) in [6.45, 7) is 1.80. The molecule has 2 aromatic carbocycles. The maximum Gasteiger partial charge on any atom is 0.290 e. The Morgan fingerprint density at radius 2 is 1.77 bits per heavy atom. The second-order valence-corrected chi connectivity index (χ2v) is 7.32. The molecule has 7 heteroatoms. The Morgan fingerprint density at radius 3 is 2.48 bits per heavy atom. The Bertz CT molecular complexity index is 1050. The van der Waals surface area contributed by atoms with Crippen LogP contribution in [0.2, 0.25) is 0 Å². The van der Waals surface area contributed by atoms with Crippen molar-refractivity contribution in [2.24, 2.45) is 5.10 Å². The molecule has 3 aromatic rings. The third-order valence-corrected chi connectivity index (χ3v) is 5.15. The fourth-order valence-electron chi connectivity index (χ4n) is 3.46. The molecule has 1 aliphatic rings. The number of methoxy groups -OCH3 is 1. The zero-order chi connectivity index (χ0) is 21.5. The van der Waals surface area contributed by atoms with Crippen LogP contribution in [0.3, 0.4) is 0 Å². The standard InChI is InChI=1S/C24H25N5O2/c1-31-20-12-10-18(11-13-20)17-25-28-23(30)22-16-21(19-8-4-2-5-9-19)26-24(27-22)29-14-6-3-7-15-29/h2,4-5,8-13,16-17H,3,6-7,14-15H2,1H3,(H,28,30)/b25-17+. The lowest BCUT2D eigenvalue weighted by Crippen LogP contribution is -2.32. The molecule has 1 aromatic heterocycles. The predicted octanol–water partition coefficient (Wildman–Crippen LogP) is 3.91. The average molecular weight is 415 g/mol. The van der Waals surface area contributed by atoms with Gasteiger partial charge in [-0.3, -0.25) is 4.79 Å². The number of hydrogen-bond acceptors (Lipinski definition) is 6. The summed E-state index contributed by atoms with van der Waals surface area (Å²) < 4.78 is 5.15. The summed E-state index contributed by atoms with van der Waals surface area (Å²) in [7, 11) is 1.62. The number of nitrogens with zero attached hydrogens (tertiary/aromatic N) is 4. The van der Waals surface area contributed by atoms with E-state index in [1.165, 1.54) is 6.42 Å². The first-order chi connectivity index (χ1) is 15.2. The number of ether oxygens (including phenoxy) is 1. The summed E-state index contributed by atoms with van der Waals surface area (Å²) in [5.74, 6) is 0.980. The van der Waals surface area contributed by atoms with Gasteiger partial charge in [0.05, 0.1) is 19.0 Å². The van der Waals surface area contributed by atoms with Crippen molar-refractivity contribution in [3.8, 4) is 17.0 Å². The van der Waals surface area contributed by atoms with Gasteiger partial charge in [0, 0.05) is 18.7 Å². The van der Waals surface area contributed by atoms with E-state index >= 15 is 0 Å². The Balaban J connectivity index is 1.56. The molecule has 7 nitrogen and oxygen atoms in total. The van der Waals surface area contributed by atoms with Crippen molar-refractivity contribution < 1.29 is 9.53 Å². The molecule has 0 atom stereocenters. The highest BCUT2D eigenvalue weighted by molar-refractivity contribution is 5.94. The van der Waals surface area contributed by atoms with E-state index in [9.17, 15) is 4.79 Å². The lowest BCUT2D eigenvalue weighted by atomic mass is 10.1. The second kappa shape index (κ2) is 9.84. The quantitative estimate of drug-likeness (QED) is 0.488. The van der Waals surface area contributed by atoms with E-state index in [0.29, 0.717) is 11.6 Å². The van der Waals surface area contributed by atoms with Crippen LogP contribution in [0, 0.1) is 0 Å². The number of hydrogen-bond donors (Lipinski definition) is 1. The molecule has 31 heavy (non-hydrogen) atoms. The number of piperidine rings is 1. The van der Waals surface area contributed by atoms with Gasteiger partial charge in [-0.05, 0) is 55.2 Å². The van der Waals surface area contributed by atoms with E-state index in [1.54, 1.807) is 19.4 Å². The fraction of sp³-hybridized carbons (Fsp3) is 0.250. The molecule has 0 saturated carbocycles. The number of carbonyl (C=O) groups excluding carboxylic acids is 1. The van der Waals surface area contributed by atoms with Gasteiger partial charge >= 0.3 is 0 Å². The zero-order valence-electron chi connectivity index (χ0n) is 17.5. The van der Waals surface area contributed by atoms with Crippen LogP contribution in [0.15, 0.2) is 65.8 Å². The van der Waals surface area contributed by atoms with Gasteiger partial charge in [0.2, 0.25) is 5.95 Å². The van der Waals surface area contributed by atoms with Crippen LogP contribution in [-0.4, -0.2) is 42.3 Å². The van der Waals surface area contributed by atoms with E-state index in [1.807, 2.05) is 54.6 Å². The van der Waals surface area contributed by atoms with Crippen LogP contribution in [0.5, 0.6) is 5.75 Å². The van der Waals surface area contributed by atoms with Crippen molar-refractivity contribution in [3.63, 3.8) is 0 Å². The molecular weight excluding hydrogens is 390 g/mol. The highest BCUT2D eigenvalue weighted by Crippen LogP contribution is 2.23. The molecule has 1 saturated heterocycles. The molecule has 1 N–H and O–H groups in total. The molecule has 1 amide bonds. The van der Waals surface area contributed by atoms with Crippen molar-refractivity contribution in [3.05, 3.63) is 71.9 Å². The van der Waals surface area contributed by atoms with E-state index in [0.717, 1.165) is 48.5 Å². The van der Waals surface area contributed by atoms with Crippen LogP contribution in [-0.2, 0) is 0 Å². The molecular formula is C24H25N5O2. The van der Waals surface area contributed by atoms with Crippen molar-refractivity contribution in [2.45, 2.75) is 19.3 Å². The summed E-state index contributed by atoms with van der Waals surface area (Å²) in [5.41, 5.74) is 5.38. The molecule has 1 aliphatic heterocycles. The smallest absolute Gasteiger partial charge is 0.290 e. The number of rotatable bonds is 6. The minimum Gasteiger partial charge on any atom is -0.497 e. The van der Waals surface area contributed by atoms with Crippen molar-refractivity contribution in [1.82, 2.24) is 15.4 Å². The third-order valence-electron chi connectivity index (χ3n) is 5.15. The minimum atomic E-state index is -0.373. The number of nitrogens with one attached hydrogen (secondary N) is 1. The Morgan fingerprint density at radius 1 is 1.03 bits per heavy atom. The lowest BCUT2D eigenvalue weighted by molar-refractivity contribution is 0.0950. The summed E-state index contributed by atoms with van der Waals surface area (Å²) in [6, 6.07) is 18.9. The number of amides is 1. The number of anilines is 1. The van der Waals surface area contributed by atoms with Crippen LogP contribution >= 0.6 is 0 Å². The predicted molar refractivity (Wildman–Crippen MR) is 122 cm³/mol. The summed E-state index contributed by atoms with van der Waals surface area (Å²) in [5, 5.41) is 4.08. The highest BCUT2D eigenvalue weighted by atomic mass is 16.5. The van der Waals surface area contributed by atoms with Gasteiger partial charge in [0.25, 0.3) is 5.91 Å². The molecule has 0 radical (unpaired) electrons. The van der Waals surface area contributed by atoms with Gasteiger partial charge in [-0.2, -0.15) is 5.10 Å². The van der Waals surface area contributed by atoms with Crippen molar-refractivity contribution in [1.29, 1.82) is 0 Å². The minimum absolute atomic E-state index is 0.293. The van der Waals surface area contributed by atoms with Crippen molar-refractivity contribution in [2.75, 3.05) is 25.1 Å². The second-order valence-electron chi connectivity index (χ2n) is 7.32. The van der Waals surface area contributed by atoms with Gasteiger partial charge in [0.1, 0.15) is 11.4 Å². The zero-order valence-corrected chi connectivity index (χ0v) is 17.5. The lowest BCUT2D eigenvalue weighted by Gasteiger charge is -2.27. The molecule has 0 unspecified atom stereocenters. The monoisotopic (exact) mass is 415 g/mol. The van der Waals surface area contributed by atoms with E-state index < -0.39 is 0 Å². The van der Waals surface area contributed by atoms with E-state index in [2.05, 4.69) is 20.4 Å². The topological polar surface area (TPSA) is 79.7 Å². The van der Waals surface area contributed by atoms with E-state index in [4.69, 9.17) is 9.72 Å². The molecule has 0 bridgehead atoms. The largest absolute Gasteiger partial charge is 0.497 e. The van der Waals surface area contributed by atoms with Gasteiger partial charge in [-0.25, -0.2) is 15.4 Å². The van der Waals surface area contributed by atoms with Gasteiger partial charge in [-0.15, -0.1) is 0 Å². The summed E-state index contributed by atoms with van der Waals surface area (Å²) >= 11 is 0. The summed E-state index contributed by atoms with van der Waals surface area (Å²) in [6.07, 6.45) is 5.00. The van der Waals surface area contributed by atoms with Gasteiger partial charge in [-0.1, -0.05) is 30.3 Å².